The summed E-state index contributed by atoms with van der Waals surface area (Å²) in [6.45, 7) is 4.66. The van der Waals surface area contributed by atoms with Crippen molar-refractivity contribution in [2.45, 2.75) is 19.8 Å². The molecule has 1 aliphatic heterocycles. The van der Waals surface area contributed by atoms with E-state index in [1.807, 2.05) is 12.1 Å². The summed E-state index contributed by atoms with van der Waals surface area (Å²) in [5, 5.41) is 0.467. The van der Waals surface area contributed by atoms with Gasteiger partial charge in [0, 0.05) is 25.1 Å². The van der Waals surface area contributed by atoms with Crippen LogP contribution in [0.15, 0.2) is 17.7 Å². The Morgan fingerprint density at radius 2 is 2.09 bits per heavy atom. The zero-order chi connectivity index (χ0) is 16.1. The van der Waals surface area contributed by atoms with E-state index in [2.05, 4.69) is 11.8 Å². The summed E-state index contributed by atoms with van der Waals surface area (Å²) in [4.78, 5) is 14.4. The van der Waals surface area contributed by atoms with E-state index < -0.39 is 0 Å². The summed E-state index contributed by atoms with van der Waals surface area (Å²) in [5.41, 5.74) is 1.58. The Bertz CT molecular complexity index is 584. The number of hydrogen-bond donors (Lipinski definition) is 0. The van der Waals surface area contributed by atoms with Crippen LogP contribution in [0.4, 0.5) is 0 Å². The second-order valence-corrected chi connectivity index (χ2v) is 5.70. The largest absolute Gasteiger partial charge is 0.493 e. The Morgan fingerprint density at radius 1 is 1.32 bits per heavy atom. The average Bonchev–Trinajstić information content (AvgIpc) is 2.52. The maximum atomic E-state index is 12.1. The van der Waals surface area contributed by atoms with E-state index in [0.29, 0.717) is 29.5 Å². The van der Waals surface area contributed by atoms with E-state index in [1.165, 1.54) is 0 Å². The molecular weight excluding hydrogens is 302 g/mol. The van der Waals surface area contributed by atoms with Crippen LogP contribution in [0.25, 0.3) is 6.08 Å². The van der Waals surface area contributed by atoms with Crippen LogP contribution in [-0.4, -0.2) is 44.5 Å². The Hall–Kier alpha value is -1.52. The minimum atomic E-state index is 0.193. The molecule has 0 radical (unpaired) electrons. The van der Waals surface area contributed by atoms with Crippen molar-refractivity contribution >= 4 is 23.5 Å². The predicted molar refractivity (Wildman–Crippen MR) is 88.9 cm³/mol. The lowest BCUT2D eigenvalue weighted by Crippen LogP contribution is -2.36. The van der Waals surface area contributed by atoms with Gasteiger partial charge >= 0.3 is 0 Å². The van der Waals surface area contributed by atoms with Gasteiger partial charge in [-0.15, -0.1) is 0 Å². The van der Waals surface area contributed by atoms with Crippen molar-refractivity contribution in [2.24, 2.45) is 0 Å². The first-order valence-electron chi connectivity index (χ1n) is 7.47. The Labute approximate surface area is 136 Å². The van der Waals surface area contributed by atoms with Crippen LogP contribution < -0.4 is 9.47 Å². The molecule has 0 unspecified atom stereocenters. The van der Waals surface area contributed by atoms with Crippen molar-refractivity contribution in [3.63, 3.8) is 0 Å². The van der Waals surface area contributed by atoms with Crippen LogP contribution in [0.3, 0.4) is 0 Å². The second-order valence-electron chi connectivity index (χ2n) is 5.32. The van der Waals surface area contributed by atoms with E-state index >= 15 is 0 Å². The number of likely N-dealkylation sites (tertiary alicyclic amines) is 1. The molecule has 1 aromatic rings. The van der Waals surface area contributed by atoms with Crippen molar-refractivity contribution < 1.29 is 14.3 Å². The molecular formula is C17H22ClNO3. The molecule has 0 bridgehead atoms. The van der Waals surface area contributed by atoms with Gasteiger partial charge in [-0.1, -0.05) is 18.5 Å². The summed E-state index contributed by atoms with van der Waals surface area (Å²) >= 11 is 6.38. The molecule has 1 aromatic carbocycles. The van der Waals surface area contributed by atoms with E-state index in [0.717, 1.165) is 30.6 Å². The normalized spacial score (nSPS) is 17.8. The van der Waals surface area contributed by atoms with Gasteiger partial charge in [-0.3, -0.25) is 9.69 Å². The predicted octanol–water partition coefficient (Wildman–Crippen LogP) is 3.43. The fourth-order valence-electron chi connectivity index (χ4n) is 2.67. The van der Waals surface area contributed by atoms with Crippen molar-refractivity contribution in [2.75, 3.05) is 33.9 Å². The summed E-state index contributed by atoms with van der Waals surface area (Å²) < 4.78 is 10.5. The SMILES string of the molecule is CCCN1CCC(=O)/C(=C/c2ccc(OC)c(OC)c2Cl)C1. The zero-order valence-electron chi connectivity index (χ0n) is 13.3. The van der Waals surface area contributed by atoms with Gasteiger partial charge < -0.3 is 9.47 Å². The maximum Gasteiger partial charge on any atom is 0.179 e. The lowest BCUT2D eigenvalue weighted by Gasteiger charge is -2.27. The fourth-order valence-corrected chi connectivity index (χ4v) is 2.95. The van der Waals surface area contributed by atoms with Crippen molar-refractivity contribution in [3.8, 4) is 11.5 Å². The lowest BCUT2D eigenvalue weighted by molar-refractivity contribution is -0.117. The van der Waals surface area contributed by atoms with Gasteiger partial charge in [0.1, 0.15) is 0 Å². The molecule has 0 saturated carbocycles. The van der Waals surface area contributed by atoms with Gasteiger partial charge in [0.15, 0.2) is 17.3 Å². The van der Waals surface area contributed by atoms with Crippen molar-refractivity contribution in [3.05, 3.63) is 28.3 Å². The lowest BCUT2D eigenvalue weighted by atomic mass is 10.00. The van der Waals surface area contributed by atoms with Crippen LogP contribution in [-0.2, 0) is 4.79 Å². The molecule has 0 atom stereocenters. The first-order chi connectivity index (χ1) is 10.6. The van der Waals surface area contributed by atoms with Crippen LogP contribution in [0.1, 0.15) is 25.3 Å². The van der Waals surface area contributed by atoms with Gasteiger partial charge in [-0.05, 0) is 36.7 Å². The second kappa shape index (κ2) is 7.65. The van der Waals surface area contributed by atoms with E-state index in [4.69, 9.17) is 21.1 Å². The van der Waals surface area contributed by atoms with Gasteiger partial charge in [0.2, 0.25) is 0 Å². The Balaban J connectivity index is 2.33. The number of methoxy groups -OCH3 is 2. The van der Waals surface area contributed by atoms with Crippen LogP contribution in [0.2, 0.25) is 5.02 Å². The Kier molecular flexibility index (Phi) is 5.86. The molecule has 22 heavy (non-hydrogen) atoms. The highest BCUT2D eigenvalue weighted by Crippen LogP contribution is 2.38. The highest BCUT2D eigenvalue weighted by molar-refractivity contribution is 6.34. The van der Waals surface area contributed by atoms with Gasteiger partial charge in [-0.25, -0.2) is 0 Å². The third kappa shape index (κ3) is 3.62. The fraction of sp³-hybridized carbons (Fsp3) is 0.471. The topological polar surface area (TPSA) is 38.8 Å². The number of piperidine rings is 1. The molecule has 0 amide bonds. The van der Waals surface area contributed by atoms with Gasteiger partial charge in [-0.2, -0.15) is 0 Å². The summed E-state index contributed by atoms with van der Waals surface area (Å²) in [5.74, 6) is 1.27. The first-order valence-corrected chi connectivity index (χ1v) is 7.85. The highest BCUT2D eigenvalue weighted by atomic mass is 35.5. The molecule has 5 heteroatoms. The minimum Gasteiger partial charge on any atom is -0.493 e. The summed E-state index contributed by atoms with van der Waals surface area (Å²) in [6, 6.07) is 3.65. The number of carbonyl (C=O) groups is 1. The van der Waals surface area contributed by atoms with Crippen LogP contribution in [0.5, 0.6) is 11.5 Å². The minimum absolute atomic E-state index is 0.193. The number of ketones is 1. The van der Waals surface area contributed by atoms with E-state index in [1.54, 1.807) is 20.3 Å². The number of benzene rings is 1. The smallest absolute Gasteiger partial charge is 0.179 e. The van der Waals surface area contributed by atoms with Gasteiger partial charge in [0.05, 0.1) is 19.2 Å². The molecule has 1 aliphatic rings. The quantitative estimate of drug-likeness (QED) is 0.778. The third-order valence-electron chi connectivity index (χ3n) is 3.79. The molecule has 1 saturated heterocycles. The third-order valence-corrected chi connectivity index (χ3v) is 4.18. The Morgan fingerprint density at radius 3 is 2.73 bits per heavy atom. The molecule has 0 aliphatic carbocycles. The molecule has 4 nitrogen and oxygen atoms in total. The molecule has 2 rings (SSSR count). The number of halogens is 1. The molecule has 1 fully saturated rings. The maximum absolute atomic E-state index is 12.1. The molecule has 0 aromatic heterocycles. The molecule has 0 N–H and O–H groups in total. The highest BCUT2D eigenvalue weighted by Gasteiger charge is 2.21. The summed E-state index contributed by atoms with van der Waals surface area (Å²) in [6.07, 6.45) is 3.52. The monoisotopic (exact) mass is 323 g/mol. The van der Waals surface area contributed by atoms with Gasteiger partial charge in [0.25, 0.3) is 0 Å². The van der Waals surface area contributed by atoms with Crippen LogP contribution >= 0.6 is 11.6 Å². The molecule has 120 valence electrons. The van der Waals surface area contributed by atoms with Crippen molar-refractivity contribution in [1.29, 1.82) is 0 Å². The van der Waals surface area contributed by atoms with Crippen LogP contribution in [0, 0.1) is 0 Å². The van der Waals surface area contributed by atoms with Crippen molar-refractivity contribution in [1.82, 2.24) is 4.90 Å². The molecule has 1 heterocycles. The van der Waals surface area contributed by atoms with E-state index in [-0.39, 0.29) is 5.78 Å². The standard InChI is InChI=1S/C17H22ClNO3/c1-4-8-19-9-7-14(20)13(11-19)10-12-5-6-15(21-2)17(22-3)16(12)18/h5-6,10H,4,7-9,11H2,1-3H3/b13-10+. The number of carbonyl (C=O) groups excluding carboxylic acids is 1. The van der Waals surface area contributed by atoms with E-state index in [9.17, 15) is 4.79 Å². The zero-order valence-corrected chi connectivity index (χ0v) is 14.1. The first kappa shape index (κ1) is 16.8. The number of Topliss-reactive ketones (excluding diaryl/α,β-unsaturated/α-hetero) is 1. The average molecular weight is 324 g/mol. The number of hydrogen-bond acceptors (Lipinski definition) is 4. The number of nitrogens with zero attached hydrogens (tertiary/aromatic N) is 1. The summed E-state index contributed by atoms with van der Waals surface area (Å²) in [7, 11) is 3.12. The number of ether oxygens (including phenoxy) is 2. The number of rotatable bonds is 5. The molecule has 0 spiro atoms.